The summed E-state index contributed by atoms with van der Waals surface area (Å²) in [4.78, 5) is 13.3. The third-order valence-electron chi connectivity index (χ3n) is 2.15. The summed E-state index contributed by atoms with van der Waals surface area (Å²) < 4.78 is 1.66. The SMILES string of the molecule is CNCCN(C)C(=O)CCn1ccnn1.Cl. The largest absolute Gasteiger partial charge is 0.344 e. The first-order valence-corrected chi connectivity index (χ1v) is 4.96. The van der Waals surface area contributed by atoms with Crippen molar-refractivity contribution in [2.75, 3.05) is 27.2 Å². The number of nitrogens with zero attached hydrogens (tertiary/aromatic N) is 4. The number of aromatic nitrogens is 3. The summed E-state index contributed by atoms with van der Waals surface area (Å²) in [6.45, 7) is 2.13. The Morgan fingerprint density at radius 1 is 1.56 bits per heavy atom. The first kappa shape index (κ1) is 14.9. The molecule has 0 spiro atoms. The average Bonchev–Trinajstić information content (AvgIpc) is 2.75. The number of hydrogen-bond acceptors (Lipinski definition) is 4. The number of halogens is 1. The molecule has 0 aliphatic rings. The smallest absolute Gasteiger partial charge is 0.224 e. The Morgan fingerprint density at radius 3 is 2.88 bits per heavy atom. The van der Waals surface area contributed by atoms with E-state index in [4.69, 9.17) is 0 Å². The Morgan fingerprint density at radius 2 is 2.31 bits per heavy atom. The zero-order chi connectivity index (χ0) is 11.1. The molecule has 0 saturated carbocycles. The van der Waals surface area contributed by atoms with E-state index in [1.165, 1.54) is 0 Å². The van der Waals surface area contributed by atoms with Gasteiger partial charge in [0.25, 0.3) is 0 Å². The Balaban J connectivity index is 0.00000225. The average molecular weight is 248 g/mol. The molecule has 1 N–H and O–H groups in total. The number of carbonyl (C=O) groups excluding carboxylic acids is 1. The zero-order valence-corrected chi connectivity index (χ0v) is 10.4. The van der Waals surface area contributed by atoms with Crippen LogP contribution in [0.2, 0.25) is 0 Å². The van der Waals surface area contributed by atoms with Crippen molar-refractivity contribution in [3.8, 4) is 0 Å². The molecular formula is C9H18ClN5O. The molecule has 0 aromatic carbocycles. The summed E-state index contributed by atoms with van der Waals surface area (Å²) in [5.74, 6) is 0.126. The highest BCUT2D eigenvalue weighted by molar-refractivity contribution is 5.85. The molecule has 1 aromatic heterocycles. The van der Waals surface area contributed by atoms with Gasteiger partial charge in [-0.2, -0.15) is 0 Å². The van der Waals surface area contributed by atoms with Crippen LogP contribution in [0.3, 0.4) is 0 Å². The van der Waals surface area contributed by atoms with Gasteiger partial charge in [-0.25, -0.2) is 0 Å². The van der Waals surface area contributed by atoms with E-state index < -0.39 is 0 Å². The number of nitrogens with one attached hydrogen (secondary N) is 1. The van der Waals surface area contributed by atoms with E-state index in [9.17, 15) is 4.79 Å². The minimum Gasteiger partial charge on any atom is -0.344 e. The van der Waals surface area contributed by atoms with Crippen molar-refractivity contribution < 1.29 is 4.79 Å². The van der Waals surface area contributed by atoms with Gasteiger partial charge in [0.05, 0.1) is 12.7 Å². The number of amides is 1. The minimum absolute atomic E-state index is 0. The molecule has 1 aromatic rings. The van der Waals surface area contributed by atoms with Gasteiger partial charge >= 0.3 is 0 Å². The summed E-state index contributed by atoms with van der Waals surface area (Å²) in [5.41, 5.74) is 0. The fourth-order valence-electron chi connectivity index (χ4n) is 1.16. The van der Waals surface area contributed by atoms with Crippen LogP contribution in [0.1, 0.15) is 6.42 Å². The Bertz CT molecular complexity index is 290. The highest BCUT2D eigenvalue weighted by atomic mass is 35.5. The zero-order valence-electron chi connectivity index (χ0n) is 9.59. The molecule has 0 radical (unpaired) electrons. The number of hydrogen-bond donors (Lipinski definition) is 1. The van der Waals surface area contributed by atoms with Gasteiger partial charge < -0.3 is 10.2 Å². The second-order valence-electron chi connectivity index (χ2n) is 3.33. The molecule has 92 valence electrons. The fraction of sp³-hybridized carbons (Fsp3) is 0.667. The highest BCUT2D eigenvalue weighted by Gasteiger charge is 2.07. The lowest BCUT2D eigenvalue weighted by Gasteiger charge is -2.16. The molecule has 7 heteroatoms. The minimum atomic E-state index is 0. The van der Waals surface area contributed by atoms with Gasteiger partial charge in [0.2, 0.25) is 5.91 Å². The molecule has 0 aliphatic carbocycles. The monoisotopic (exact) mass is 247 g/mol. The maximum Gasteiger partial charge on any atom is 0.224 e. The predicted octanol–water partition coefficient (Wildman–Crippen LogP) is -0.232. The first-order chi connectivity index (χ1) is 7.24. The molecule has 1 heterocycles. The fourth-order valence-corrected chi connectivity index (χ4v) is 1.16. The van der Waals surface area contributed by atoms with E-state index in [0.29, 0.717) is 13.0 Å². The van der Waals surface area contributed by atoms with Crippen molar-refractivity contribution >= 4 is 18.3 Å². The van der Waals surface area contributed by atoms with Crippen molar-refractivity contribution in [2.24, 2.45) is 0 Å². The lowest BCUT2D eigenvalue weighted by molar-refractivity contribution is -0.130. The van der Waals surface area contributed by atoms with Crippen LogP contribution in [0, 0.1) is 0 Å². The normalized spacial score (nSPS) is 9.62. The third-order valence-corrected chi connectivity index (χ3v) is 2.15. The lowest BCUT2D eigenvalue weighted by atomic mass is 10.3. The van der Waals surface area contributed by atoms with E-state index in [2.05, 4.69) is 15.6 Å². The second kappa shape index (κ2) is 8.06. The molecule has 0 saturated heterocycles. The second-order valence-corrected chi connectivity index (χ2v) is 3.33. The lowest BCUT2D eigenvalue weighted by Crippen LogP contribution is -2.33. The first-order valence-electron chi connectivity index (χ1n) is 4.96. The molecule has 16 heavy (non-hydrogen) atoms. The van der Waals surface area contributed by atoms with E-state index in [1.54, 1.807) is 29.0 Å². The predicted molar refractivity (Wildman–Crippen MR) is 63.5 cm³/mol. The van der Waals surface area contributed by atoms with Crippen molar-refractivity contribution in [1.82, 2.24) is 25.2 Å². The summed E-state index contributed by atoms with van der Waals surface area (Å²) >= 11 is 0. The number of aryl methyl sites for hydroxylation is 1. The summed E-state index contributed by atoms with van der Waals surface area (Å²) in [7, 11) is 3.68. The van der Waals surface area contributed by atoms with Crippen molar-refractivity contribution in [1.29, 1.82) is 0 Å². The Kier molecular flexibility index (Phi) is 7.49. The van der Waals surface area contributed by atoms with Crippen molar-refractivity contribution in [2.45, 2.75) is 13.0 Å². The van der Waals surface area contributed by atoms with Gasteiger partial charge in [-0.3, -0.25) is 9.48 Å². The van der Waals surface area contributed by atoms with Gasteiger partial charge in [0, 0.05) is 32.8 Å². The molecule has 0 aliphatic heterocycles. The van der Waals surface area contributed by atoms with Crippen molar-refractivity contribution in [3.05, 3.63) is 12.4 Å². The van der Waals surface area contributed by atoms with Gasteiger partial charge in [-0.15, -0.1) is 17.5 Å². The van der Waals surface area contributed by atoms with Gasteiger partial charge in [-0.05, 0) is 7.05 Å². The summed E-state index contributed by atoms with van der Waals surface area (Å²) in [6.07, 6.45) is 3.82. The maximum absolute atomic E-state index is 11.6. The van der Waals surface area contributed by atoms with E-state index in [0.717, 1.165) is 13.1 Å². The van der Waals surface area contributed by atoms with Crippen LogP contribution in [0.5, 0.6) is 0 Å². The van der Waals surface area contributed by atoms with Crippen LogP contribution >= 0.6 is 12.4 Å². The molecule has 6 nitrogen and oxygen atoms in total. The molecule has 0 unspecified atom stereocenters. The Hall–Kier alpha value is -1.14. The summed E-state index contributed by atoms with van der Waals surface area (Å²) in [5, 5.41) is 10.5. The van der Waals surface area contributed by atoms with Crippen molar-refractivity contribution in [3.63, 3.8) is 0 Å². The van der Waals surface area contributed by atoms with Gasteiger partial charge in [-0.1, -0.05) is 5.21 Å². The quantitative estimate of drug-likeness (QED) is 0.754. The maximum atomic E-state index is 11.6. The van der Waals surface area contributed by atoms with Crippen LogP contribution in [0.25, 0.3) is 0 Å². The van der Waals surface area contributed by atoms with Crippen LogP contribution in [0.4, 0.5) is 0 Å². The number of carbonyl (C=O) groups is 1. The topological polar surface area (TPSA) is 63.1 Å². The Labute approximate surface area is 101 Å². The van der Waals surface area contributed by atoms with E-state index in [-0.39, 0.29) is 18.3 Å². The van der Waals surface area contributed by atoms with Crippen LogP contribution in [0.15, 0.2) is 12.4 Å². The van der Waals surface area contributed by atoms with Gasteiger partial charge in [0.15, 0.2) is 0 Å². The number of likely N-dealkylation sites (N-methyl/N-ethyl adjacent to an activating group) is 2. The van der Waals surface area contributed by atoms with E-state index in [1.807, 2.05) is 7.05 Å². The molecule has 0 bridgehead atoms. The summed E-state index contributed by atoms with van der Waals surface area (Å²) in [6, 6.07) is 0. The van der Waals surface area contributed by atoms with Crippen LogP contribution in [-0.4, -0.2) is 53.0 Å². The highest BCUT2D eigenvalue weighted by Crippen LogP contribution is 1.93. The number of rotatable bonds is 6. The molecule has 0 atom stereocenters. The van der Waals surface area contributed by atoms with Crippen LogP contribution < -0.4 is 5.32 Å². The molecule has 0 fully saturated rings. The standard InChI is InChI=1S/C9H17N5O.ClH/c1-10-4-7-13(2)9(15)3-6-14-8-5-11-12-14;/h5,8,10H,3-4,6-7H2,1-2H3;1H. The van der Waals surface area contributed by atoms with Gasteiger partial charge in [0.1, 0.15) is 0 Å². The molecular weight excluding hydrogens is 230 g/mol. The molecule has 1 amide bonds. The molecule has 1 rings (SSSR count). The third kappa shape index (κ3) is 5.09. The van der Waals surface area contributed by atoms with Crippen LogP contribution in [-0.2, 0) is 11.3 Å². The van der Waals surface area contributed by atoms with E-state index >= 15 is 0 Å².